The van der Waals surface area contributed by atoms with Crippen molar-refractivity contribution in [2.75, 3.05) is 6.54 Å². The SMILES string of the molecule is O=C(O)c1ccc2c(c1)CN(C(=O)CCc1nnc(-c3ccsc3)o1)CC2. The highest BCUT2D eigenvalue weighted by Crippen LogP contribution is 2.23. The minimum absolute atomic E-state index is 0.00309. The van der Waals surface area contributed by atoms with Gasteiger partial charge in [0.25, 0.3) is 0 Å². The summed E-state index contributed by atoms with van der Waals surface area (Å²) in [4.78, 5) is 25.5. The molecule has 0 aliphatic carbocycles. The van der Waals surface area contributed by atoms with Gasteiger partial charge in [0.05, 0.1) is 5.56 Å². The lowest BCUT2D eigenvalue weighted by Gasteiger charge is -2.29. The molecule has 1 aliphatic rings. The lowest BCUT2D eigenvalue weighted by atomic mass is 9.97. The molecule has 0 saturated heterocycles. The first-order chi connectivity index (χ1) is 13.1. The number of fused-ring (bicyclic) bond motifs is 1. The quantitative estimate of drug-likeness (QED) is 0.727. The molecule has 27 heavy (non-hydrogen) atoms. The van der Waals surface area contributed by atoms with E-state index in [1.54, 1.807) is 28.4 Å². The largest absolute Gasteiger partial charge is 0.478 e. The lowest BCUT2D eigenvalue weighted by Crippen LogP contribution is -2.36. The number of carboxylic acid groups (broad SMARTS) is 1. The first-order valence-electron chi connectivity index (χ1n) is 8.58. The molecule has 0 saturated carbocycles. The molecule has 1 aliphatic heterocycles. The fourth-order valence-electron chi connectivity index (χ4n) is 3.13. The standard InChI is InChI=1S/C19H17N3O4S/c23-17(4-3-16-20-21-18(26-16)14-6-8-27-11-14)22-7-5-12-1-2-13(19(24)25)9-15(12)10-22/h1-2,6,8-9,11H,3-5,7,10H2,(H,24,25). The van der Waals surface area contributed by atoms with E-state index in [9.17, 15) is 9.59 Å². The Labute approximate surface area is 159 Å². The number of benzene rings is 1. The predicted octanol–water partition coefficient (Wildman–Crippen LogP) is 3.01. The van der Waals surface area contributed by atoms with E-state index in [1.165, 1.54) is 0 Å². The number of rotatable bonds is 5. The van der Waals surface area contributed by atoms with Crippen molar-refractivity contribution >= 4 is 23.2 Å². The summed E-state index contributed by atoms with van der Waals surface area (Å²) in [6, 6.07) is 7.01. The summed E-state index contributed by atoms with van der Waals surface area (Å²) < 4.78 is 5.61. The van der Waals surface area contributed by atoms with E-state index in [0.717, 1.165) is 23.1 Å². The number of carboxylic acids is 1. The Hall–Kier alpha value is -3.00. The Kier molecular flexibility index (Phi) is 4.72. The van der Waals surface area contributed by atoms with Crippen molar-refractivity contribution in [2.24, 2.45) is 0 Å². The van der Waals surface area contributed by atoms with Gasteiger partial charge in [0.15, 0.2) is 0 Å². The fraction of sp³-hybridized carbons (Fsp3) is 0.263. The van der Waals surface area contributed by atoms with Gasteiger partial charge in [-0.25, -0.2) is 4.79 Å². The zero-order valence-electron chi connectivity index (χ0n) is 14.4. The van der Waals surface area contributed by atoms with E-state index in [0.29, 0.717) is 31.3 Å². The molecule has 0 bridgehead atoms. The van der Waals surface area contributed by atoms with Gasteiger partial charge in [-0.05, 0) is 41.1 Å². The van der Waals surface area contributed by atoms with E-state index in [-0.39, 0.29) is 17.9 Å². The molecule has 1 aromatic carbocycles. The average molecular weight is 383 g/mol. The van der Waals surface area contributed by atoms with Crippen molar-refractivity contribution in [2.45, 2.75) is 25.8 Å². The van der Waals surface area contributed by atoms with Crippen LogP contribution in [-0.2, 0) is 24.2 Å². The number of carbonyl (C=O) groups is 2. The summed E-state index contributed by atoms with van der Waals surface area (Å²) in [7, 11) is 0. The van der Waals surface area contributed by atoms with Crippen molar-refractivity contribution in [1.82, 2.24) is 15.1 Å². The van der Waals surface area contributed by atoms with Crippen LogP contribution in [0.5, 0.6) is 0 Å². The third-order valence-electron chi connectivity index (χ3n) is 4.61. The van der Waals surface area contributed by atoms with Crippen molar-refractivity contribution in [3.63, 3.8) is 0 Å². The van der Waals surface area contributed by atoms with E-state index in [4.69, 9.17) is 9.52 Å². The maximum Gasteiger partial charge on any atom is 0.335 e. The van der Waals surface area contributed by atoms with Crippen LogP contribution in [0.3, 0.4) is 0 Å². The molecule has 0 fully saturated rings. The van der Waals surface area contributed by atoms with Crippen LogP contribution >= 0.6 is 11.3 Å². The highest BCUT2D eigenvalue weighted by atomic mass is 32.1. The monoisotopic (exact) mass is 383 g/mol. The summed E-state index contributed by atoms with van der Waals surface area (Å²) in [5.74, 6) is -0.0577. The van der Waals surface area contributed by atoms with Gasteiger partial charge in [-0.15, -0.1) is 10.2 Å². The van der Waals surface area contributed by atoms with Crippen LogP contribution in [0.25, 0.3) is 11.5 Å². The molecule has 3 aromatic rings. The minimum atomic E-state index is -0.959. The first-order valence-corrected chi connectivity index (χ1v) is 9.52. The number of thiophene rings is 1. The molecule has 1 amide bonds. The molecule has 0 spiro atoms. The van der Waals surface area contributed by atoms with Crippen LogP contribution in [0.4, 0.5) is 0 Å². The van der Waals surface area contributed by atoms with Gasteiger partial charge in [-0.1, -0.05) is 6.07 Å². The molecule has 0 unspecified atom stereocenters. The van der Waals surface area contributed by atoms with Crippen LogP contribution in [0.2, 0.25) is 0 Å². The highest BCUT2D eigenvalue weighted by Gasteiger charge is 2.22. The summed E-state index contributed by atoms with van der Waals surface area (Å²) in [6.45, 7) is 1.06. The second-order valence-corrected chi connectivity index (χ2v) is 7.15. The van der Waals surface area contributed by atoms with Crippen molar-refractivity contribution in [1.29, 1.82) is 0 Å². The Morgan fingerprint density at radius 2 is 2.11 bits per heavy atom. The zero-order valence-corrected chi connectivity index (χ0v) is 15.2. The molecule has 1 N–H and O–H groups in total. The molecular weight excluding hydrogens is 366 g/mol. The third-order valence-corrected chi connectivity index (χ3v) is 5.29. The van der Waals surface area contributed by atoms with Crippen LogP contribution < -0.4 is 0 Å². The predicted molar refractivity (Wildman–Crippen MR) is 98.5 cm³/mol. The summed E-state index contributed by atoms with van der Waals surface area (Å²) in [5.41, 5.74) is 3.12. The first kappa shape index (κ1) is 17.4. The second-order valence-electron chi connectivity index (χ2n) is 6.37. The lowest BCUT2D eigenvalue weighted by molar-refractivity contribution is -0.132. The molecule has 3 heterocycles. The Morgan fingerprint density at radius 3 is 2.89 bits per heavy atom. The zero-order chi connectivity index (χ0) is 18.8. The van der Waals surface area contributed by atoms with Crippen molar-refractivity contribution in [3.8, 4) is 11.5 Å². The number of nitrogens with zero attached hydrogens (tertiary/aromatic N) is 3. The van der Waals surface area contributed by atoms with E-state index in [2.05, 4.69) is 10.2 Å². The molecule has 0 radical (unpaired) electrons. The summed E-state index contributed by atoms with van der Waals surface area (Å²) in [6.07, 6.45) is 1.39. The molecule has 138 valence electrons. The van der Waals surface area contributed by atoms with Gasteiger partial charge in [-0.3, -0.25) is 4.79 Å². The van der Waals surface area contributed by atoms with Gasteiger partial charge in [0.2, 0.25) is 17.7 Å². The van der Waals surface area contributed by atoms with Crippen LogP contribution in [0.1, 0.15) is 33.8 Å². The number of hydrogen-bond donors (Lipinski definition) is 1. The molecule has 4 rings (SSSR count). The van der Waals surface area contributed by atoms with Gasteiger partial charge in [-0.2, -0.15) is 11.3 Å². The van der Waals surface area contributed by atoms with Gasteiger partial charge >= 0.3 is 5.97 Å². The van der Waals surface area contributed by atoms with Gasteiger partial charge in [0.1, 0.15) is 0 Å². The smallest absolute Gasteiger partial charge is 0.335 e. The fourth-order valence-corrected chi connectivity index (χ4v) is 3.76. The topological polar surface area (TPSA) is 96.5 Å². The Morgan fingerprint density at radius 1 is 1.22 bits per heavy atom. The molecule has 7 nitrogen and oxygen atoms in total. The Bertz CT molecular complexity index is 981. The second kappa shape index (κ2) is 7.32. The van der Waals surface area contributed by atoms with Crippen LogP contribution in [0, 0.1) is 0 Å². The maximum absolute atomic E-state index is 12.6. The summed E-state index contributed by atoms with van der Waals surface area (Å²) in [5, 5.41) is 21.0. The van der Waals surface area contributed by atoms with Crippen molar-refractivity contribution < 1.29 is 19.1 Å². The number of aromatic carboxylic acids is 1. The van der Waals surface area contributed by atoms with Crippen molar-refractivity contribution in [3.05, 3.63) is 57.6 Å². The highest BCUT2D eigenvalue weighted by molar-refractivity contribution is 7.08. The Balaban J connectivity index is 1.38. The number of aryl methyl sites for hydroxylation is 1. The van der Waals surface area contributed by atoms with E-state index >= 15 is 0 Å². The maximum atomic E-state index is 12.6. The summed E-state index contributed by atoms with van der Waals surface area (Å²) >= 11 is 1.55. The normalized spacial score (nSPS) is 13.4. The molecule has 0 atom stereocenters. The van der Waals surface area contributed by atoms with E-state index in [1.807, 2.05) is 22.9 Å². The number of hydrogen-bond acceptors (Lipinski definition) is 6. The van der Waals surface area contributed by atoms with Crippen LogP contribution in [-0.4, -0.2) is 38.6 Å². The molecule has 8 heteroatoms. The van der Waals surface area contributed by atoms with Crippen LogP contribution in [0.15, 0.2) is 39.4 Å². The molecular formula is C19H17N3O4S. The number of aromatic nitrogens is 2. The molecule has 2 aromatic heterocycles. The number of carbonyl (C=O) groups excluding carboxylic acids is 1. The number of amides is 1. The van der Waals surface area contributed by atoms with Gasteiger partial charge in [0, 0.05) is 36.9 Å². The van der Waals surface area contributed by atoms with Gasteiger partial charge < -0.3 is 14.4 Å². The average Bonchev–Trinajstić information content (AvgIpc) is 3.36. The minimum Gasteiger partial charge on any atom is -0.478 e. The van der Waals surface area contributed by atoms with E-state index < -0.39 is 5.97 Å². The third kappa shape index (κ3) is 3.75.